The van der Waals surface area contributed by atoms with Crippen LogP contribution in [-0.2, 0) is 6.42 Å². The van der Waals surface area contributed by atoms with Gasteiger partial charge in [-0.1, -0.05) is 30.9 Å². The van der Waals surface area contributed by atoms with E-state index in [4.69, 9.17) is 16.0 Å². The summed E-state index contributed by atoms with van der Waals surface area (Å²) in [5.41, 5.74) is 16.6. The summed E-state index contributed by atoms with van der Waals surface area (Å²) in [6.45, 7) is 3.22. The number of thiazole rings is 1. The first-order valence-electron chi connectivity index (χ1n) is 12.3. The molecule has 0 radical (unpaired) electrons. The highest BCUT2D eigenvalue weighted by Crippen LogP contribution is 2.34. The third-order valence-corrected chi connectivity index (χ3v) is 6.99. The highest BCUT2D eigenvalue weighted by molar-refractivity contribution is 7.19. The van der Waals surface area contributed by atoms with E-state index in [2.05, 4.69) is 32.2 Å². The van der Waals surface area contributed by atoms with Crippen LogP contribution in [0.5, 0.6) is 11.5 Å². The number of carbonyl (C=O) groups excluding carboxylic acids is 1. The van der Waals surface area contributed by atoms with Crippen LogP contribution in [0.2, 0.25) is 0 Å². The molecule has 1 amide bonds. The van der Waals surface area contributed by atoms with Gasteiger partial charge in [0.25, 0.3) is 5.91 Å². The van der Waals surface area contributed by atoms with Crippen LogP contribution in [0.3, 0.4) is 0 Å². The fraction of sp³-hybridized carbons (Fsp3) is 0.346. The molecule has 0 saturated carbocycles. The number of nitrogen functional groups attached to an aromatic ring is 1. The first kappa shape index (κ1) is 26.0. The molecule has 4 rings (SSSR count). The van der Waals surface area contributed by atoms with E-state index in [0.717, 1.165) is 70.4 Å². The fourth-order valence-electron chi connectivity index (χ4n) is 4.00. The average molecular weight is 520 g/mol. The molecule has 10 nitrogen and oxygen atoms in total. The maximum Gasteiger partial charge on any atom is 0.255 e. The number of nitrogens with one attached hydrogen (secondary N) is 1. The molecule has 2 heterocycles. The number of aryl methyl sites for hydroxylation is 1. The van der Waals surface area contributed by atoms with Gasteiger partial charge in [-0.05, 0) is 55.5 Å². The van der Waals surface area contributed by atoms with Crippen molar-refractivity contribution in [3.05, 3.63) is 57.4 Å². The second-order valence-corrected chi connectivity index (χ2v) is 9.70. The molecule has 0 aliphatic heterocycles. The highest BCUT2D eigenvalue weighted by Gasteiger charge is 2.13. The maximum absolute atomic E-state index is 12.2. The summed E-state index contributed by atoms with van der Waals surface area (Å²) < 4.78 is 7.01. The number of phenols is 1. The standard InChI is InChI=1S/C26H29N7O3S/c1-2-7-22-31-23-24(37-22)18-11-9-17(15-20(18)30-25(23)27)36-13-6-4-3-5-12-29-26(35)19-10-8-16(32-33-28)14-21(19)34/h8-11,14-15,34H,2-7,12-13H2,1H3,(H2,27,30)(H,29,35). The van der Waals surface area contributed by atoms with Crippen LogP contribution in [0.4, 0.5) is 11.5 Å². The lowest BCUT2D eigenvalue weighted by molar-refractivity contribution is 0.0950. The molecule has 0 unspecified atom stereocenters. The van der Waals surface area contributed by atoms with Crippen molar-refractivity contribution in [2.24, 2.45) is 5.11 Å². The van der Waals surface area contributed by atoms with Gasteiger partial charge < -0.3 is 20.9 Å². The number of amides is 1. The van der Waals surface area contributed by atoms with E-state index in [0.29, 0.717) is 19.0 Å². The minimum absolute atomic E-state index is 0.148. The number of aromatic hydroxyl groups is 1. The molecular weight excluding hydrogens is 490 g/mol. The Bertz CT molecular complexity index is 1460. The molecule has 4 N–H and O–H groups in total. The molecule has 192 valence electrons. The van der Waals surface area contributed by atoms with Crippen molar-refractivity contribution in [1.29, 1.82) is 0 Å². The Balaban J connectivity index is 1.19. The van der Waals surface area contributed by atoms with Gasteiger partial charge in [0, 0.05) is 28.6 Å². The van der Waals surface area contributed by atoms with Gasteiger partial charge in [0.05, 0.1) is 27.4 Å². The molecule has 2 aromatic heterocycles. The largest absolute Gasteiger partial charge is 0.507 e. The molecule has 0 aliphatic rings. The summed E-state index contributed by atoms with van der Waals surface area (Å²) in [6, 6.07) is 10.1. The monoisotopic (exact) mass is 519 g/mol. The highest BCUT2D eigenvalue weighted by atomic mass is 32.1. The van der Waals surface area contributed by atoms with Gasteiger partial charge >= 0.3 is 0 Å². The quantitative estimate of drug-likeness (QED) is 0.0850. The smallest absolute Gasteiger partial charge is 0.255 e. The number of carbonyl (C=O) groups is 1. The number of hydrogen-bond acceptors (Lipinski definition) is 8. The molecule has 0 saturated heterocycles. The molecule has 0 spiro atoms. The van der Waals surface area contributed by atoms with E-state index in [1.165, 1.54) is 18.2 Å². The Kier molecular flexibility index (Phi) is 8.60. The molecule has 0 aliphatic carbocycles. The first-order valence-corrected chi connectivity index (χ1v) is 13.1. The Hall–Kier alpha value is -4.08. The summed E-state index contributed by atoms with van der Waals surface area (Å²) in [5, 5.41) is 18.3. The topological polar surface area (TPSA) is 159 Å². The van der Waals surface area contributed by atoms with Gasteiger partial charge in [0.2, 0.25) is 0 Å². The van der Waals surface area contributed by atoms with Crippen molar-refractivity contribution in [1.82, 2.24) is 15.3 Å². The minimum Gasteiger partial charge on any atom is -0.507 e. The van der Waals surface area contributed by atoms with E-state index in [9.17, 15) is 9.90 Å². The van der Waals surface area contributed by atoms with Crippen LogP contribution in [-0.4, -0.2) is 34.1 Å². The minimum atomic E-state index is -0.365. The van der Waals surface area contributed by atoms with Crippen molar-refractivity contribution >= 4 is 49.9 Å². The van der Waals surface area contributed by atoms with Crippen LogP contribution in [0.1, 0.15) is 54.4 Å². The molecular formula is C26H29N7O3S. The van der Waals surface area contributed by atoms with Crippen molar-refractivity contribution < 1.29 is 14.6 Å². The van der Waals surface area contributed by atoms with Gasteiger partial charge in [-0.25, -0.2) is 9.97 Å². The molecule has 2 aromatic carbocycles. The molecule has 0 fully saturated rings. The summed E-state index contributed by atoms with van der Waals surface area (Å²) in [5.74, 6) is 0.626. The summed E-state index contributed by atoms with van der Waals surface area (Å²) in [7, 11) is 0. The van der Waals surface area contributed by atoms with Gasteiger partial charge in [-0.2, -0.15) is 0 Å². The summed E-state index contributed by atoms with van der Waals surface area (Å²) >= 11 is 1.68. The normalized spacial score (nSPS) is 10.9. The lowest BCUT2D eigenvalue weighted by Gasteiger charge is -2.09. The Morgan fingerprint density at radius 1 is 1.19 bits per heavy atom. The number of ether oxygens (including phenoxy) is 1. The zero-order valence-corrected chi connectivity index (χ0v) is 21.4. The Morgan fingerprint density at radius 3 is 2.81 bits per heavy atom. The number of unbranched alkanes of at least 4 members (excludes halogenated alkanes) is 3. The van der Waals surface area contributed by atoms with Crippen LogP contribution in [0, 0.1) is 0 Å². The number of nitrogens with two attached hydrogens (primary N) is 1. The summed E-state index contributed by atoms with van der Waals surface area (Å²) in [4.78, 5) is 24.1. The number of anilines is 1. The average Bonchev–Trinajstić information content (AvgIpc) is 3.31. The lowest BCUT2D eigenvalue weighted by atomic mass is 10.1. The van der Waals surface area contributed by atoms with Gasteiger partial charge in [0.15, 0.2) is 5.82 Å². The number of pyridine rings is 1. The molecule has 0 bridgehead atoms. The fourth-order valence-corrected chi connectivity index (χ4v) is 5.21. The van der Waals surface area contributed by atoms with Crippen LogP contribution >= 0.6 is 11.3 Å². The molecule has 0 atom stereocenters. The van der Waals surface area contributed by atoms with Crippen molar-refractivity contribution in [2.45, 2.75) is 45.4 Å². The molecule has 37 heavy (non-hydrogen) atoms. The zero-order chi connectivity index (χ0) is 26.2. The number of fused-ring (bicyclic) bond motifs is 3. The number of rotatable bonds is 12. The van der Waals surface area contributed by atoms with Crippen molar-refractivity contribution in [3.63, 3.8) is 0 Å². The van der Waals surface area contributed by atoms with Gasteiger partial charge in [-0.3, -0.25) is 4.79 Å². The van der Waals surface area contributed by atoms with Gasteiger partial charge in [-0.15, -0.1) is 11.3 Å². The molecule has 4 aromatic rings. The second-order valence-electron chi connectivity index (χ2n) is 8.62. The number of phenolic OH excluding ortho intramolecular Hbond substituents is 1. The first-order chi connectivity index (χ1) is 18.0. The van der Waals surface area contributed by atoms with Crippen LogP contribution in [0.25, 0.3) is 31.6 Å². The number of azide groups is 1. The van der Waals surface area contributed by atoms with Gasteiger partial charge in [0.1, 0.15) is 17.0 Å². The maximum atomic E-state index is 12.2. The lowest BCUT2D eigenvalue weighted by Crippen LogP contribution is -2.24. The predicted molar refractivity (Wildman–Crippen MR) is 147 cm³/mol. The van der Waals surface area contributed by atoms with E-state index < -0.39 is 0 Å². The van der Waals surface area contributed by atoms with E-state index in [-0.39, 0.29) is 22.9 Å². The summed E-state index contributed by atoms with van der Waals surface area (Å²) in [6.07, 6.45) is 5.57. The third kappa shape index (κ3) is 6.38. The zero-order valence-electron chi connectivity index (χ0n) is 20.6. The number of hydrogen-bond donors (Lipinski definition) is 3. The van der Waals surface area contributed by atoms with Crippen molar-refractivity contribution in [2.75, 3.05) is 18.9 Å². The predicted octanol–water partition coefficient (Wildman–Crippen LogP) is 6.40. The Labute approximate surface area is 218 Å². The molecule has 11 heteroatoms. The van der Waals surface area contributed by atoms with Crippen molar-refractivity contribution in [3.8, 4) is 11.5 Å². The Morgan fingerprint density at radius 2 is 2.03 bits per heavy atom. The second kappa shape index (κ2) is 12.2. The number of aromatic nitrogens is 2. The van der Waals surface area contributed by atoms with E-state index >= 15 is 0 Å². The third-order valence-electron chi connectivity index (χ3n) is 5.84. The SMILES string of the molecule is CCCc1nc2c(N)nc3cc(OCCCCCCNC(=O)c4ccc(N=[N+]=[N-])cc4O)ccc3c2s1. The number of nitrogens with zero attached hydrogens (tertiary/aromatic N) is 5. The number of benzene rings is 2. The van der Waals surface area contributed by atoms with Crippen LogP contribution < -0.4 is 15.8 Å². The van der Waals surface area contributed by atoms with Crippen LogP contribution in [0.15, 0.2) is 41.5 Å². The van der Waals surface area contributed by atoms with E-state index in [1.807, 2.05) is 18.2 Å². The van der Waals surface area contributed by atoms with E-state index in [1.54, 1.807) is 11.3 Å².